The topological polar surface area (TPSA) is 66.9 Å². The van der Waals surface area contributed by atoms with Crippen LogP contribution in [0.4, 0.5) is 0 Å². The molecule has 0 N–H and O–H groups in total. The van der Waals surface area contributed by atoms with Crippen LogP contribution in [0.1, 0.15) is 5.56 Å². The van der Waals surface area contributed by atoms with Gasteiger partial charge in [-0.25, -0.2) is 8.42 Å². The maximum absolute atomic E-state index is 12.5. The van der Waals surface area contributed by atoms with Crippen LogP contribution in [-0.4, -0.2) is 51.3 Å². The number of carbonyl (C=O) groups is 1. The van der Waals surface area contributed by atoms with E-state index >= 15 is 0 Å². The first-order valence-electron chi connectivity index (χ1n) is 8.62. The quantitative estimate of drug-likeness (QED) is 0.591. The molecule has 0 aliphatic carbocycles. The van der Waals surface area contributed by atoms with Gasteiger partial charge in [0.25, 0.3) is 10.0 Å². The molecule has 148 valence electrons. The molecular formula is C20H22N2O4S2. The van der Waals surface area contributed by atoms with Gasteiger partial charge in [0.15, 0.2) is 0 Å². The van der Waals surface area contributed by atoms with Crippen LogP contribution < -0.4 is 4.74 Å². The smallest absolute Gasteiger partial charge is 0.252 e. The van der Waals surface area contributed by atoms with E-state index in [-0.39, 0.29) is 16.7 Å². The van der Waals surface area contributed by atoms with Crippen molar-refractivity contribution in [3.8, 4) is 5.75 Å². The van der Waals surface area contributed by atoms with Crippen molar-refractivity contribution < 1.29 is 17.9 Å². The average molecular weight is 419 g/mol. The molecule has 6 nitrogen and oxygen atoms in total. The SMILES string of the molecule is COc1ccc2cc(CN(C)C(=O)CN(C)S(=O)(=O)c3cccs3)ccc2c1. The Morgan fingerprint density at radius 1 is 1.07 bits per heavy atom. The number of thiophene rings is 1. The standard InChI is InChI=1S/C20H22N2O4S2/c1-21(19(23)14-22(2)28(24,25)20-5-4-10-27-20)13-15-6-7-17-12-18(26-3)9-8-16(17)11-15/h4-12H,13-14H2,1-3H3. The van der Waals surface area contributed by atoms with E-state index in [2.05, 4.69) is 0 Å². The molecule has 3 rings (SSSR count). The fraction of sp³-hybridized carbons (Fsp3) is 0.250. The first-order valence-corrected chi connectivity index (χ1v) is 10.9. The number of amides is 1. The summed E-state index contributed by atoms with van der Waals surface area (Å²) < 4.78 is 31.5. The van der Waals surface area contributed by atoms with E-state index in [0.29, 0.717) is 6.54 Å². The molecule has 0 saturated heterocycles. The van der Waals surface area contributed by atoms with Crippen LogP contribution in [0.25, 0.3) is 10.8 Å². The van der Waals surface area contributed by atoms with Gasteiger partial charge in [0.2, 0.25) is 5.91 Å². The molecule has 0 aliphatic rings. The van der Waals surface area contributed by atoms with E-state index in [1.54, 1.807) is 25.6 Å². The molecule has 0 radical (unpaired) electrons. The summed E-state index contributed by atoms with van der Waals surface area (Å²) in [4.78, 5) is 14.1. The van der Waals surface area contributed by atoms with Gasteiger partial charge in [-0.2, -0.15) is 4.31 Å². The number of ether oxygens (including phenoxy) is 1. The fourth-order valence-electron chi connectivity index (χ4n) is 2.82. The zero-order chi connectivity index (χ0) is 20.3. The van der Waals surface area contributed by atoms with E-state index in [1.807, 2.05) is 36.4 Å². The molecule has 0 spiro atoms. The van der Waals surface area contributed by atoms with Crippen molar-refractivity contribution in [2.45, 2.75) is 10.8 Å². The lowest BCUT2D eigenvalue weighted by atomic mass is 10.1. The van der Waals surface area contributed by atoms with Gasteiger partial charge in [0, 0.05) is 20.6 Å². The highest BCUT2D eigenvalue weighted by atomic mass is 32.2. The summed E-state index contributed by atoms with van der Waals surface area (Å²) in [6.45, 7) is 0.190. The van der Waals surface area contributed by atoms with E-state index in [1.165, 1.54) is 18.0 Å². The van der Waals surface area contributed by atoms with Crippen molar-refractivity contribution >= 4 is 38.0 Å². The molecule has 3 aromatic rings. The van der Waals surface area contributed by atoms with E-state index in [4.69, 9.17) is 4.74 Å². The molecule has 0 atom stereocenters. The molecule has 0 unspecified atom stereocenters. The fourth-order valence-corrected chi connectivity index (χ4v) is 5.14. The molecule has 2 aromatic carbocycles. The predicted octanol–water partition coefficient (Wildman–Crippen LogP) is 3.19. The van der Waals surface area contributed by atoms with Crippen LogP contribution in [0.5, 0.6) is 5.75 Å². The Morgan fingerprint density at radius 2 is 1.79 bits per heavy atom. The van der Waals surface area contributed by atoms with Gasteiger partial charge >= 0.3 is 0 Å². The van der Waals surface area contributed by atoms with Crippen molar-refractivity contribution in [2.24, 2.45) is 0 Å². The molecule has 1 amide bonds. The maximum atomic E-state index is 12.5. The van der Waals surface area contributed by atoms with Gasteiger partial charge in [0.05, 0.1) is 13.7 Å². The highest BCUT2D eigenvalue weighted by molar-refractivity contribution is 7.91. The van der Waals surface area contributed by atoms with Gasteiger partial charge in [0.1, 0.15) is 9.96 Å². The number of rotatable bonds is 7. The third-order valence-electron chi connectivity index (χ3n) is 4.47. The minimum atomic E-state index is -3.64. The number of carbonyl (C=O) groups excluding carboxylic acids is 1. The van der Waals surface area contributed by atoms with Crippen LogP contribution in [0.2, 0.25) is 0 Å². The number of benzene rings is 2. The van der Waals surface area contributed by atoms with Crippen LogP contribution in [0, 0.1) is 0 Å². The summed E-state index contributed by atoms with van der Waals surface area (Å²) in [5, 5.41) is 3.81. The molecule has 28 heavy (non-hydrogen) atoms. The summed E-state index contributed by atoms with van der Waals surface area (Å²) in [6.07, 6.45) is 0. The normalized spacial score (nSPS) is 11.7. The number of fused-ring (bicyclic) bond motifs is 1. The second kappa shape index (κ2) is 8.30. The van der Waals surface area contributed by atoms with Crippen molar-refractivity contribution in [3.63, 3.8) is 0 Å². The van der Waals surface area contributed by atoms with Crippen LogP contribution >= 0.6 is 11.3 Å². The molecule has 0 aliphatic heterocycles. The second-order valence-electron chi connectivity index (χ2n) is 6.49. The molecule has 0 saturated carbocycles. The van der Waals surface area contributed by atoms with E-state index < -0.39 is 10.0 Å². The second-order valence-corrected chi connectivity index (χ2v) is 9.71. The lowest BCUT2D eigenvalue weighted by Gasteiger charge is -2.21. The molecule has 0 fully saturated rings. The summed E-state index contributed by atoms with van der Waals surface area (Å²) in [7, 11) is 1.08. The third-order valence-corrected chi connectivity index (χ3v) is 7.65. The van der Waals surface area contributed by atoms with Gasteiger partial charge in [-0.3, -0.25) is 4.79 Å². The number of nitrogens with zero attached hydrogens (tertiary/aromatic N) is 2. The van der Waals surface area contributed by atoms with Gasteiger partial charge in [-0.05, 0) is 46.0 Å². The van der Waals surface area contributed by atoms with Crippen molar-refractivity contribution in [3.05, 3.63) is 59.5 Å². The zero-order valence-corrected chi connectivity index (χ0v) is 17.6. The Bertz CT molecular complexity index is 1080. The van der Waals surface area contributed by atoms with E-state index in [0.717, 1.165) is 37.7 Å². The summed E-state index contributed by atoms with van der Waals surface area (Å²) in [6, 6.07) is 15.0. The average Bonchev–Trinajstić information content (AvgIpc) is 3.23. The van der Waals surface area contributed by atoms with Crippen molar-refractivity contribution in [1.29, 1.82) is 0 Å². The highest BCUT2D eigenvalue weighted by Crippen LogP contribution is 2.23. The van der Waals surface area contributed by atoms with Gasteiger partial charge in [-0.15, -0.1) is 11.3 Å². The third kappa shape index (κ3) is 4.35. The molecule has 8 heteroatoms. The highest BCUT2D eigenvalue weighted by Gasteiger charge is 2.25. The predicted molar refractivity (Wildman–Crippen MR) is 111 cm³/mol. The first-order chi connectivity index (χ1) is 13.3. The lowest BCUT2D eigenvalue weighted by Crippen LogP contribution is -2.38. The largest absolute Gasteiger partial charge is 0.497 e. The zero-order valence-electron chi connectivity index (χ0n) is 16.0. The van der Waals surface area contributed by atoms with Crippen molar-refractivity contribution in [1.82, 2.24) is 9.21 Å². The summed E-state index contributed by atoms with van der Waals surface area (Å²) in [5.41, 5.74) is 0.970. The minimum Gasteiger partial charge on any atom is -0.497 e. The number of likely N-dealkylation sites (N-methyl/N-ethyl adjacent to an activating group) is 2. The first kappa shape index (κ1) is 20.3. The number of hydrogen-bond donors (Lipinski definition) is 0. The van der Waals surface area contributed by atoms with Gasteiger partial charge < -0.3 is 9.64 Å². The molecule has 1 aromatic heterocycles. The lowest BCUT2D eigenvalue weighted by molar-refractivity contribution is -0.130. The van der Waals surface area contributed by atoms with Crippen molar-refractivity contribution in [2.75, 3.05) is 27.7 Å². The van der Waals surface area contributed by atoms with Crippen LogP contribution in [-0.2, 0) is 21.4 Å². The van der Waals surface area contributed by atoms with Crippen LogP contribution in [0.3, 0.4) is 0 Å². The molecular weight excluding hydrogens is 396 g/mol. The Hall–Kier alpha value is -2.42. The monoisotopic (exact) mass is 418 g/mol. The van der Waals surface area contributed by atoms with E-state index in [9.17, 15) is 13.2 Å². The van der Waals surface area contributed by atoms with Crippen LogP contribution in [0.15, 0.2) is 58.1 Å². The summed E-state index contributed by atoms with van der Waals surface area (Å²) >= 11 is 1.14. The molecule has 1 heterocycles. The molecule has 0 bridgehead atoms. The Balaban J connectivity index is 1.67. The Labute approximate surface area is 169 Å². The summed E-state index contributed by atoms with van der Waals surface area (Å²) in [5.74, 6) is 0.528. The van der Waals surface area contributed by atoms with Gasteiger partial charge in [-0.1, -0.05) is 24.3 Å². The Morgan fingerprint density at radius 3 is 2.46 bits per heavy atom. The minimum absolute atomic E-state index is 0.207. The number of methoxy groups -OCH3 is 1. The maximum Gasteiger partial charge on any atom is 0.252 e. The Kier molecular flexibility index (Phi) is 6.02. The number of sulfonamides is 1. The number of hydrogen-bond acceptors (Lipinski definition) is 5.